The summed E-state index contributed by atoms with van der Waals surface area (Å²) in [7, 11) is 0. The number of hydrogen-bond acceptors (Lipinski definition) is 4. The third kappa shape index (κ3) is 4.06. The Balaban J connectivity index is 1.77. The van der Waals surface area contributed by atoms with Crippen molar-refractivity contribution in [1.82, 2.24) is 5.16 Å². The molecular weight excluding hydrogens is 352 g/mol. The van der Waals surface area contributed by atoms with Gasteiger partial charge in [0.25, 0.3) is 5.91 Å². The standard InChI is InChI=1S/C20H19ClN2O3/c1-12-4-5-13(2)18(10-12)22-20(24)19-17(14(3)26-23-19)11-25-16-8-6-15(21)7-9-16/h4-10H,11H2,1-3H3,(H,22,24). The fourth-order valence-corrected chi connectivity index (χ4v) is 2.60. The highest BCUT2D eigenvalue weighted by Crippen LogP contribution is 2.22. The summed E-state index contributed by atoms with van der Waals surface area (Å²) in [5, 5.41) is 7.43. The molecular formula is C20H19ClN2O3. The van der Waals surface area contributed by atoms with Gasteiger partial charge in [-0.1, -0.05) is 28.9 Å². The second kappa shape index (κ2) is 7.62. The van der Waals surface area contributed by atoms with Crippen LogP contribution >= 0.6 is 11.6 Å². The zero-order valence-electron chi connectivity index (χ0n) is 14.8. The van der Waals surface area contributed by atoms with Crippen molar-refractivity contribution in [3.63, 3.8) is 0 Å². The van der Waals surface area contributed by atoms with Crippen LogP contribution in [0.15, 0.2) is 47.0 Å². The van der Waals surface area contributed by atoms with Crippen molar-refractivity contribution < 1.29 is 14.1 Å². The van der Waals surface area contributed by atoms with Crippen molar-refractivity contribution in [2.75, 3.05) is 5.32 Å². The van der Waals surface area contributed by atoms with E-state index in [4.69, 9.17) is 20.9 Å². The number of ether oxygens (including phenoxy) is 1. The van der Waals surface area contributed by atoms with Gasteiger partial charge in [0.05, 0.1) is 5.56 Å². The van der Waals surface area contributed by atoms with Crippen molar-refractivity contribution in [1.29, 1.82) is 0 Å². The van der Waals surface area contributed by atoms with Crippen LogP contribution < -0.4 is 10.1 Å². The summed E-state index contributed by atoms with van der Waals surface area (Å²) < 4.78 is 10.9. The van der Waals surface area contributed by atoms with Gasteiger partial charge in [0, 0.05) is 10.7 Å². The number of benzene rings is 2. The molecule has 26 heavy (non-hydrogen) atoms. The summed E-state index contributed by atoms with van der Waals surface area (Å²) in [6.07, 6.45) is 0. The van der Waals surface area contributed by atoms with Crippen LogP contribution in [0, 0.1) is 20.8 Å². The molecule has 0 radical (unpaired) electrons. The van der Waals surface area contributed by atoms with Crippen LogP contribution in [0.3, 0.4) is 0 Å². The van der Waals surface area contributed by atoms with Gasteiger partial charge in [-0.3, -0.25) is 4.79 Å². The third-order valence-electron chi connectivity index (χ3n) is 4.04. The maximum Gasteiger partial charge on any atom is 0.278 e. The van der Waals surface area contributed by atoms with Crippen molar-refractivity contribution in [2.45, 2.75) is 27.4 Å². The number of hydrogen-bond donors (Lipinski definition) is 1. The average Bonchev–Trinajstić information content (AvgIpc) is 2.98. The predicted molar refractivity (Wildman–Crippen MR) is 101 cm³/mol. The van der Waals surface area contributed by atoms with E-state index in [2.05, 4.69) is 10.5 Å². The van der Waals surface area contributed by atoms with Gasteiger partial charge >= 0.3 is 0 Å². The van der Waals surface area contributed by atoms with Gasteiger partial charge in [0.2, 0.25) is 0 Å². The molecule has 0 fully saturated rings. The van der Waals surface area contributed by atoms with E-state index in [1.165, 1.54) is 0 Å². The van der Waals surface area contributed by atoms with Gasteiger partial charge in [0.15, 0.2) is 5.69 Å². The number of rotatable bonds is 5. The minimum Gasteiger partial charge on any atom is -0.489 e. The van der Waals surface area contributed by atoms with Crippen molar-refractivity contribution in [2.24, 2.45) is 0 Å². The first-order valence-electron chi connectivity index (χ1n) is 8.16. The first kappa shape index (κ1) is 18.0. The molecule has 0 aliphatic carbocycles. The Bertz CT molecular complexity index is 933. The molecule has 0 bridgehead atoms. The lowest BCUT2D eigenvalue weighted by atomic mass is 10.1. The molecule has 0 unspecified atom stereocenters. The summed E-state index contributed by atoms with van der Waals surface area (Å²) in [5.41, 5.74) is 3.62. The van der Waals surface area contributed by atoms with E-state index in [1.807, 2.05) is 32.0 Å². The molecule has 2 aromatic carbocycles. The van der Waals surface area contributed by atoms with Crippen molar-refractivity contribution in [3.8, 4) is 5.75 Å². The number of aromatic nitrogens is 1. The first-order valence-corrected chi connectivity index (χ1v) is 8.54. The van der Waals surface area contributed by atoms with Crippen LogP contribution in [0.2, 0.25) is 5.02 Å². The highest BCUT2D eigenvalue weighted by molar-refractivity contribution is 6.30. The summed E-state index contributed by atoms with van der Waals surface area (Å²) in [5.74, 6) is 0.867. The van der Waals surface area contributed by atoms with Crippen LogP contribution in [0.25, 0.3) is 0 Å². The summed E-state index contributed by atoms with van der Waals surface area (Å²) >= 11 is 5.87. The molecule has 0 aliphatic heterocycles. The van der Waals surface area contributed by atoms with Gasteiger partial charge in [-0.25, -0.2) is 0 Å². The molecule has 1 amide bonds. The number of amides is 1. The normalized spacial score (nSPS) is 10.6. The molecule has 5 nitrogen and oxygen atoms in total. The van der Waals surface area contributed by atoms with E-state index in [0.717, 1.165) is 16.8 Å². The lowest BCUT2D eigenvalue weighted by Crippen LogP contribution is -2.16. The Morgan fingerprint density at radius 2 is 1.88 bits per heavy atom. The fraction of sp³-hybridized carbons (Fsp3) is 0.200. The number of halogens is 1. The molecule has 0 aliphatic rings. The Labute approximate surface area is 156 Å². The van der Waals surface area contributed by atoms with E-state index in [9.17, 15) is 4.79 Å². The van der Waals surface area contributed by atoms with E-state index >= 15 is 0 Å². The molecule has 0 saturated carbocycles. The predicted octanol–water partition coefficient (Wildman–Crippen LogP) is 5.08. The fourth-order valence-electron chi connectivity index (χ4n) is 2.48. The maximum atomic E-state index is 12.7. The van der Waals surface area contributed by atoms with Crippen molar-refractivity contribution in [3.05, 3.63) is 75.6 Å². The molecule has 3 aromatic rings. The Morgan fingerprint density at radius 3 is 2.62 bits per heavy atom. The molecule has 3 rings (SSSR count). The third-order valence-corrected chi connectivity index (χ3v) is 4.29. The molecule has 1 N–H and O–H groups in total. The number of aryl methyl sites for hydroxylation is 3. The van der Waals surface area contributed by atoms with Crippen LogP contribution in [0.1, 0.15) is 32.9 Å². The van der Waals surface area contributed by atoms with Gasteiger partial charge in [-0.2, -0.15) is 0 Å². The van der Waals surface area contributed by atoms with E-state index in [-0.39, 0.29) is 18.2 Å². The molecule has 1 aromatic heterocycles. The highest BCUT2D eigenvalue weighted by atomic mass is 35.5. The monoisotopic (exact) mass is 370 g/mol. The van der Waals surface area contributed by atoms with E-state index in [0.29, 0.717) is 22.1 Å². The van der Waals surface area contributed by atoms with Crippen LogP contribution in [0.4, 0.5) is 5.69 Å². The molecule has 134 valence electrons. The lowest BCUT2D eigenvalue weighted by Gasteiger charge is -2.10. The Kier molecular flexibility index (Phi) is 5.28. The summed E-state index contributed by atoms with van der Waals surface area (Å²) in [6, 6.07) is 12.9. The SMILES string of the molecule is Cc1ccc(C)c(NC(=O)c2noc(C)c2COc2ccc(Cl)cc2)c1. The van der Waals surface area contributed by atoms with Crippen LogP contribution in [-0.2, 0) is 6.61 Å². The zero-order chi connectivity index (χ0) is 18.7. The maximum absolute atomic E-state index is 12.7. The second-order valence-corrected chi connectivity index (χ2v) is 6.52. The summed E-state index contributed by atoms with van der Waals surface area (Å²) in [4.78, 5) is 12.7. The average molecular weight is 371 g/mol. The number of carbonyl (C=O) groups excluding carboxylic acids is 1. The molecule has 6 heteroatoms. The van der Waals surface area contributed by atoms with Gasteiger partial charge < -0.3 is 14.6 Å². The summed E-state index contributed by atoms with van der Waals surface area (Å²) in [6.45, 7) is 5.84. The van der Waals surface area contributed by atoms with Crippen LogP contribution in [-0.4, -0.2) is 11.1 Å². The van der Waals surface area contributed by atoms with Gasteiger partial charge in [-0.15, -0.1) is 0 Å². The van der Waals surface area contributed by atoms with Gasteiger partial charge in [-0.05, 0) is 62.2 Å². The van der Waals surface area contributed by atoms with Gasteiger partial charge in [0.1, 0.15) is 18.1 Å². The minimum atomic E-state index is -0.328. The molecule has 0 saturated heterocycles. The molecule has 0 spiro atoms. The first-order chi connectivity index (χ1) is 12.4. The number of nitrogens with zero attached hydrogens (tertiary/aromatic N) is 1. The minimum absolute atomic E-state index is 0.173. The van der Waals surface area contributed by atoms with Crippen LogP contribution in [0.5, 0.6) is 5.75 Å². The molecule has 1 heterocycles. The highest BCUT2D eigenvalue weighted by Gasteiger charge is 2.21. The van der Waals surface area contributed by atoms with E-state index in [1.54, 1.807) is 31.2 Å². The quantitative estimate of drug-likeness (QED) is 0.679. The largest absolute Gasteiger partial charge is 0.489 e. The number of nitrogens with one attached hydrogen (secondary N) is 1. The Morgan fingerprint density at radius 1 is 1.15 bits per heavy atom. The number of carbonyl (C=O) groups is 1. The van der Waals surface area contributed by atoms with Crippen molar-refractivity contribution >= 4 is 23.2 Å². The zero-order valence-corrected chi connectivity index (χ0v) is 15.6. The Hall–Kier alpha value is -2.79. The smallest absolute Gasteiger partial charge is 0.278 e. The topological polar surface area (TPSA) is 64.4 Å². The molecule has 0 atom stereocenters. The van der Waals surface area contributed by atoms with E-state index < -0.39 is 0 Å². The second-order valence-electron chi connectivity index (χ2n) is 6.08. The number of anilines is 1. The lowest BCUT2D eigenvalue weighted by molar-refractivity contribution is 0.101.